The molecule has 7 heteroatoms. The first-order valence-electron chi connectivity index (χ1n) is 6.97. The maximum atomic E-state index is 12.4. The smallest absolute Gasteiger partial charge is 0.417 e. The van der Waals surface area contributed by atoms with E-state index in [0.29, 0.717) is 19.7 Å². The van der Waals surface area contributed by atoms with E-state index in [1.165, 1.54) is 12.1 Å². The van der Waals surface area contributed by atoms with Gasteiger partial charge in [0.25, 0.3) is 0 Å². The minimum absolute atomic E-state index is 0.0798. The number of halogens is 3. The van der Waals surface area contributed by atoms with Crippen molar-refractivity contribution >= 4 is 5.91 Å². The Balaban J connectivity index is 1.79. The summed E-state index contributed by atoms with van der Waals surface area (Å²) in [5.74, 6) is 0.360. The van der Waals surface area contributed by atoms with E-state index >= 15 is 0 Å². The maximum Gasteiger partial charge on any atom is 0.417 e. The van der Waals surface area contributed by atoms with Crippen LogP contribution in [0, 0.1) is 5.92 Å². The fourth-order valence-corrected chi connectivity index (χ4v) is 2.29. The molecule has 1 aromatic heterocycles. The molecule has 0 atom stereocenters. The summed E-state index contributed by atoms with van der Waals surface area (Å²) in [5, 5.41) is 0. The number of likely N-dealkylation sites (tertiary alicyclic amines) is 1. The standard InChI is InChI=1S/C15H17F3N2O2/c1-2-14(21)20-7-5-11(6-8-20)10-22-13-4-3-12(9-19-13)15(16,17)18/h2-4,9,11H,1,5-8,10H2. The van der Waals surface area contributed by atoms with Gasteiger partial charge >= 0.3 is 6.18 Å². The lowest BCUT2D eigenvalue weighted by Crippen LogP contribution is -2.38. The van der Waals surface area contributed by atoms with E-state index in [1.807, 2.05) is 0 Å². The third-order valence-corrected chi connectivity index (χ3v) is 3.63. The van der Waals surface area contributed by atoms with Crippen molar-refractivity contribution in [2.45, 2.75) is 19.0 Å². The fraction of sp³-hybridized carbons (Fsp3) is 0.467. The number of hydrogen-bond acceptors (Lipinski definition) is 3. The molecule has 0 saturated carbocycles. The first-order valence-corrected chi connectivity index (χ1v) is 6.97. The molecule has 0 aliphatic carbocycles. The zero-order valence-corrected chi connectivity index (χ0v) is 12.0. The molecule has 1 aliphatic heterocycles. The van der Waals surface area contributed by atoms with Crippen LogP contribution in [0.3, 0.4) is 0 Å². The first-order chi connectivity index (χ1) is 10.4. The van der Waals surface area contributed by atoms with Gasteiger partial charge in [-0.15, -0.1) is 0 Å². The highest BCUT2D eigenvalue weighted by Gasteiger charge is 2.30. The van der Waals surface area contributed by atoms with E-state index in [0.717, 1.165) is 25.1 Å². The first kappa shape index (κ1) is 16.3. The Bertz CT molecular complexity index is 521. The van der Waals surface area contributed by atoms with Gasteiger partial charge in [-0.3, -0.25) is 4.79 Å². The number of carbonyl (C=O) groups is 1. The molecule has 1 saturated heterocycles. The Morgan fingerprint density at radius 3 is 2.59 bits per heavy atom. The van der Waals surface area contributed by atoms with E-state index in [1.54, 1.807) is 4.90 Å². The second-order valence-corrected chi connectivity index (χ2v) is 5.17. The van der Waals surface area contributed by atoms with Gasteiger partial charge < -0.3 is 9.64 Å². The Labute approximate surface area is 126 Å². The summed E-state index contributed by atoms with van der Waals surface area (Å²) in [7, 11) is 0. The summed E-state index contributed by atoms with van der Waals surface area (Å²) >= 11 is 0. The number of pyridine rings is 1. The van der Waals surface area contributed by atoms with Crippen molar-refractivity contribution in [3.63, 3.8) is 0 Å². The van der Waals surface area contributed by atoms with E-state index in [4.69, 9.17) is 4.74 Å². The average molecular weight is 314 g/mol. The van der Waals surface area contributed by atoms with E-state index in [9.17, 15) is 18.0 Å². The summed E-state index contributed by atoms with van der Waals surface area (Å²) in [6, 6.07) is 2.17. The summed E-state index contributed by atoms with van der Waals surface area (Å²) < 4.78 is 42.7. The van der Waals surface area contributed by atoms with E-state index in [2.05, 4.69) is 11.6 Å². The number of hydrogen-bond donors (Lipinski definition) is 0. The quantitative estimate of drug-likeness (QED) is 0.803. The molecule has 2 heterocycles. The molecule has 0 unspecified atom stereocenters. The molecular formula is C15H17F3N2O2. The third-order valence-electron chi connectivity index (χ3n) is 3.63. The molecule has 0 bridgehead atoms. The Hall–Kier alpha value is -2.05. The number of rotatable bonds is 4. The van der Waals surface area contributed by atoms with Crippen LogP contribution in [0.4, 0.5) is 13.2 Å². The van der Waals surface area contributed by atoms with Gasteiger partial charge in [0.2, 0.25) is 11.8 Å². The van der Waals surface area contributed by atoms with Gasteiger partial charge in [0.05, 0.1) is 12.2 Å². The van der Waals surface area contributed by atoms with Gasteiger partial charge in [0.1, 0.15) is 0 Å². The molecule has 2 rings (SSSR count). The summed E-state index contributed by atoms with van der Waals surface area (Å²) in [6.07, 6.45) is -0.750. The van der Waals surface area contributed by atoms with Crippen LogP contribution in [-0.4, -0.2) is 35.5 Å². The molecule has 4 nitrogen and oxygen atoms in total. The summed E-state index contributed by atoms with van der Waals surface area (Å²) in [4.78, 5) is 16.8. The normalized spacial score (nSPS) is 16.4. The highest BCUT2D eigenvalue weighted by molar-refractivity contribution is 5.87. The highest BCUT2D eigenvalue weighted by Crippen LogP contribution is 2.29. The topological polar surface area (TPSA) is 42.4 Å². The van der Waals surface area contributed by atoms with Crippen LogP contribution in [0.15, 0.2) is 31.0 Å². The van der Waals surface area contributed by atoms with Crippen molar-refractivity contribution in [2.24, 2.45) is 5.92 Å². The molecule has 1 aromatic rings. The van der Waals surface area contributed by atoms with Gasteiger partial charge in [-0.05, 0) is 30.9 Å². The van der Waals surface area contributed by atoms with Crippen LogP contribution in [0.25, 0.3) is 0 Å². The zero-order valence-electron chi connectivity index (χ0n) is 12.0. The molecule has 1 amide bonds. The predicted octanol–water partition coefficient (Wildman–Crippen LogP) is 2.90. The minimum Gasteiger partial charge on any atom is -0.477 e. The molecule has 0 radical (unpaired) electrons. The van der Waals surface area contributed by atoms with E-state index < -0.39 is 11.7 Å². The lowest BCUT2D eigenvalue weighted by Gasteiger charge is -2.31. The highest BCUT2D eigenvalue weighted by atomic mass is 19.4. The zero-order chi connectivity index (χ0) is 16.2. The lowest BCUT2D eigenvalue weighted by atomic mass is 9.98. The van der Waals surface area contributed by atoms with Gasteiger partial charge in [-0.2, -0.15) is 13.2 Å². The fourth-order valence-electron chi connectivity index (χ4n) is 2.29. The van der Waals surface area contributed by atoms with Crippen molar-refractivity contribution in [3.8, 4) is 5.88 Å². The lowest BCUT2D eigenvalue weighted by molar-refractivity contribution is -0.137. The second-order valence-electron chi connectivity index (χ2n) is 5.17. The van der Waals surface area contributed by atoms with Crippen molar-refractivity contribution in [1.82, 2.24) is 9.88 Å². The molecule has 0 aromatic carbocycles. The molecule has 0 N–H and O–H groups in total. The maximum absolute atomic E-state index is 12.4. The number of alkyl halides is 3. The van der Waals surface area contributed by atoms with Gasteiger partial charge in [-0.1, -0.05) is 6.58 Å². The van der Waals surface area contributed by atoms with Crippen LogP contribution in [0.2, 0.25) is 0 Å². The Morgan fingerprint density at radius 2 is 2.09 bits per heavy atom. The van der Waals surface area contributed by atoms with Crippen molar-refractivity contribution in [1.29, 1.82) is 0 Å². The largest absolute Gasteiger partial charge is 0.477 e. The Morgan fingerprint density at radius 1 is 1.41 bits per heavy atom. The number of piperidine rings is 1. The van der Waals surface area contributed by atoms with Crippen LogP contribution < -0.4 is 4.74 Å². The van der Waals surface area contributed by atoms with Crippen molar-refractivity contribution < 1.29 is 22.7 Å². The number of nitrogens with zero attached hydrogens (tertiary/aromatic N) is 2. The summed E-state index contributed by atoms with van der Waals surface area (Å²) in [6.45, 7) is 5.11. The number of carbonyl (C=O) groups excluding carboxylic acids is 1. The molecule has 1 aliphatic rings. The second kappa shape index (κ2) is 6.81. The molecule has 120 valence electrons. The summed E-state index contributed by atoms with van der Waals surface area (Å²) in [5.41, 5.74) is -0.795. The Kier molecular flexibility index (Phi) is 5.05. The minimum atomic E-state index is -4.39. The monoisotopic (exact) mass is 314 g/mol. The van der Waals surface area contributed by atoms with Gasteiger partial charge in [-0.25, -0.2) is 4.98 Å². The van der Waals surface area contributed by atoms with Crippen LogP contribution in [0.5, 0.6) is 5.88 Å². The molecular weight excluding hydrogens is 297 g/mol. The average Bonchev–Trinajstić information content (AvgIpc) is 2.52. The predicted molar refractivity (Wildman–Crippen MR) is 74.2 cm³/mol. The van der Waals surface area contributed by atoms with Gasteiger partial charge in [0.15, 0.2) is 0 Å². The van der Waals surface area contributed by atoms with Gasteiger partial charge in [0, 0.05) is 25.4 Å². The molecule has 22 heavy (non-hydrogen) atoms. The van der Waals surface area contributed by atoms with Crippen LogP contribution in [0.1, 0.15) is 18.4 Å². The van der Waals surface area contributed by atoms with E-state index in [-0.39, 0.29) is 17.7 Å². The van der Waals surface area contributed by atoms with Crippen molar-refractivity contribution in [2.75, 3.05) is 19.7 Å². The van der Waals surface area contributed by atoms with Crippen LogP contribution in [-0.2, 0) is 11.0 Å². The number of aromatic nitrogens is 1. The van der Waals surface area contributed by atoms with Crippen LogP contribution >= 0.6 is 0 Å². The third kappa shape index (κ3) is 4.22. The SMILES string of the molecule is C=CC(=O)N1CCC(COc2ccc(C(F)(F)F)cn2)CC1. The molecule has 1 fully saturated rings. The van der Waals surface area contributed by atoms with Crippen molar-refractivity contribution in [3.05, 3.63) is 36.5 Å². The molecule has 0 spiro atoms. The number of amides is 1. The number of ether oxygens (including phenoxy) is 1.